The van der Waals surface area contributed by atoms with Crippen LogP contribution in [0.4, 0.5) is 0 Å². The Labute approximate surface area is 70.4 Å². The van der Waals surface area contributed by atoms with Crippen molar-refractivity contribution in [1.82, 2.24) is 5.09 Å². The highest BCUT2D eigenvalue weighted by molar-refractivity contribution is 7.13. The van der Waals surface area contributed by atoms with Gasteiger partial charge in [-0.15, -0.1) is 0 Å². The summed E-state index contributed by atoms with van der Waals surface area (Å²) in [5.74, 6) is 1.06. The van der Waals surface area contributed by atoms with Crippen LogP contribution in [0, 0.1) is 5.92 Å². The predicted molar refractivity (Wildman–Crippen MR) is 49.3 cm³/mol. The van der Waals surface area contributed by atoms with Crippen molar-refractivity contribution in [3.8, 4) is 0 Å². The largest absolute Gasteiger partial charge is 0.298 e. The van der Waals surface area contributed by atoms with Gasteiger partial charge in [0.15, 0.2) is 0 Å². The number of ketones is 1. The van der Waals surface area contributed by atoms with Crippen LogP contribution in [0.3, 0.4) is 0 Å². The van der Waals surface area contributed by atoms with Gasteiger partial charge in [-0.1, -0.05) is 28.7 Å². The second-order valence-electron chi connectivity index (χ2n) is 3.36. The molecule has 0 aromatic heterocycles. The van der Waals surface area contributed by atoms with Gasteiger partial charge in [0.25, 0.3) is 0 Å². The van der Waals surface area contributed by atoms with Crippen molar-refractivity contribution in [2.45, 2.75) is 38.6 Å². The highest BCUT2D eigenvalue weighted by atomic mass is 31.0. The molecule has 0 saturated heterocycles. The van der Waals surface area contributed by atoms with Crippen LogP contribution in [0.25, 0.3) is 0 Å². The van der Waals surface area contributed by atoms with E-state index < -0.39 is 0 Å². The Hall–Kier alpha value is 0.0600. The molecule has 0 aromatic rings. The number of nitrogens with one attached hydrogen (secondary N) is 1. The van der Waals surface area contributed by atoms with E-state index in [0.29, 0.717) is 0 Å². The third-order valence-electron chi connectivity index (χ3n) is 2.49. The van der Waals surface area contributed by atoms with E-state index >= 15 is 0 Å². The fourth-order valence-corrected chi connectivity index (χ4v) is 1.78. The summed E-state index contributed by atoms with van der Waals surface area (Å²) in [5, 5.41) is 2.97. The Balaban J connectivity index is 2.24. The van der Waals surface area contributed by atoms with Gasteiger partial charge in [0.1, 0.15) is 5.78 Å². The molecule has 2 nitrogen and oxygen atoms in total. The van der Waals surface area contributed by atoms with E-state index in [1.807, 2.05) is 0 Å². The third-order valence-corrected chi connectivity index (χ3v) is 2.89. The first kappa shape index (κ1) is 9.15. The van der Waals surface area contributed by atoms with Gasteiger partial charge in [0.2, 0.25) is 0 Å². The molecule has 3 heteroatoms. The zero-order valence-electron chi connectivity index (χ0n) is 6.97. The first-order chi connectivity index (χ1) is 5.24. The maximum Gasteiger partial charge on any atom is 0.146 e. The van der Waals surface area contributed by atoms with E-state index in [-0.39, 0.29) is 11.8 Å². The number of rotatable bonds is 4. The lowest BCUT2D eigenvalue weighted by Gasteiger charge is -2.28. The van der Waals surface area contributed by atoms with Gasteiger partial charge >= 0.3 is 0 Å². The average Bonchev–Trinajstić information content (AvgIpc) is 1.85. The lowest BCUT2D eigenvalue weighted by molar-refractivity contribution is -0.119. The number of hydrogen-bond acceptors (Lipinski definition) is 2. The van der Waals surface area contributed by atoms with E-state index in [1.54, 1.807) is 6.92 Å². The summed E-state index contributed by atoms with van der Waals surface area (Å²) in [6.45, 7) is 1.65. The average molecular weight is 173 g/mol. The molecular weight excluding hydrogens is 157 g/mol. The molecule has 1 aliphatic rings. The molecule has 1 rings (SSSR count). The van der Waals surface area contributed by atoms with Crippen LogP contribution in [0.15, 0.2) is 0 Å². The molecule has 1 N–H and O–H groups in total. The van der Waals surface area contributed by atoms with Crippen molar-refractivity contribution in [2.75, 3.05) is 0 Å². The molecular formula is C8H16NOP. The molecule has 11 heavy (non-hydrogen) atoms. The number of Topliss-reactive ketones (excluding diaryl/α,β-unsaturated/α-hetero) is 1. The molecule has 2 atom stereocenters. The minimum atomic E-state index is 0.0744. The maximum absolute atomic E-state index is 11.0. The highest BCUT2D eigenvalue weighted by Crippen LogP contribution is 2.30. The zero-order valence-corrected chi connectivity index (χ0v) is 8.12. The van der Waals surface area contributed by atoms with E-state index in [1.165, 1.54) is 19.3 Å². The van der Waals surface area contributed by atoms with Crippen LogP contribution in [0.1, 0.15) is 32.6 Å². The minimum absolute atomic E-state index is 0.0744. The normalized spacial score (nSPS) is 20.9. The predicted octanol–water partition coefficient (Wildman–Crippen LogP) is 1.51. The summed E-state index contributed by atoms with van der Waals surface area (Å²) in [6.07, 6.45) is 5.01. The van der Waals surface area contributed by atoms with Crippen molar-refractivity contribution in [2.24, 2.45) is 5.92 Å². The fraction of sp³-hybridized carbons (Fsp3) is 0.875. The summed E-state index contributed by atoms with van der Waals surface area (Å²) in [5.41, 5.74) is 0. The van der Waals surface area contributed by atoms with Crippen molar-refractivity contribution >= 4 is 15.2 Å². The SMILES string of the molecule is CC(=O)C(CC1CCC1)NP. The third kappa shape index (κ3) is 2.53. The molecule has 1 fully saturated rings. The van der Waals surface area contributed by atoms with Crippen LogP contribution < -0.4 is 5.09 Å². The Bertz CT molecular complexity index is 145. The van der Waals surface area contributed by atoms with Crippen molar-refractivity contribution < 1.29 is 4.79 Å². The summed E-state index contributed by atoms with van der Waals surface area (Å²) in [7, 11) is 2.43. The summed E-state index contributed by atoms with van der Waals surface area (Å²) in [6, 6.07) is 0.0744. The van der Waals surface area contributed by atoms with Crippen LogP contribution >= 0.6 is 9.39 Å². The smallest absolute Gasteiger partial charge is 0.146 e. The van der Waals surface area contributed by atoms with Crippen LogP contribution in [-0.2, 0) is 4.79 Å². The van der Waals surface area contributed by atoms with Crippen molar-refractivity contribution in [3.05, 3.63) is 0 Å². The Morgan fingerprint density at radius 2 is 2.36 bits per heavy atom. The second kappa shape index (κ2) is 4.18. The van der Waals surface area contributed by atoms with Crippen LogP contribution in [-0.4, -0.2) is 11.8 Å². The summed E-state index contributed by atoms with van der Waals surface area (Å²) in [4.78, 5) is 11.0. The first-order valence-electron chi connectivity index (χ1n) is 4.20. The lowest BCUT2D eigenvalue weighted by Crippen LogP contribution is -2.32. The van der Waals surface area contributed by atoms with Gasteiger partial charge < -0.3 is 0 Å². The topological polar surface area (TPSA) is 29.1 Å². The van der Waals surface area contributed by atoms with Gasteiger partial charge in [-0.3, -0.25) is 9.88 Å². The molecule has 64 valence electrons. The number of hydrogen-bond donors (Lipinski definition) is 1. The number of carbonyl (C=O) groups is 1. The Morgan fingerprint density at radius 1 is 1.73 bits per heavy atom. The van der Waals surface area contributed by atoms with Gasteiger partial charge in [-0.25, -0.2) is 0 Å². The lowest BCUT2D eigenvalue weighted by atomic mass is 9.80. The van der Waals surface area contributed by atoms with Crippen LogP contribution in [0.5, 0.6) is 0 Å². The molecule has 0 spiro atoms. The standard InChI is InChI=1S/C8H16NOP/c1-6(10)8(9-11)5-7-3-2-4-7/h7-9H,2-5,11H2,1H3. The van der Waals surface area contributed by atoms with Gasteiger partial charge in [-0.05, 0) is 19.3 Å². The first-order valence-corrected chi connectivity index (χ1v) is 4.78. The Kier molecular flexibility index (Phi) is 3.47. The van der Waals surface area contributed by atoms with Gasteiger partial charge in [-0.2, -0.15) is 0 Å². The maximum atomic E-state index is 11.0. The zero-order chi connectivity index (χ0) is 8.27. The van der Waals surface area contributed by atoms with Crippen LogP contribution in [0.2, 0.25) is 0 Å². The Morgan fingerprint density at radius 3 is 2.64 bits per heavy atom. The number of carbonyl (C=O) groups excluding carboxylic acids is 1. The summed E-state index contributed by atoms with van der Waals surface area (Å²) < 4.78 is 0. The molecule has 2 unspecified atom stereocenters. The molecule has 0 aliphatic heterocycles. The quantitative estimate of drug-likeness (QED) is 0.653. The highest BCUT2D eigenvalue weighted by Gasteiger charge is 2.23. The van der Waals surface area contributed by atoms with Crippen molar-refractivity contribution in [1.29, 1.82) is 0 Å². The molecule has 0 amide bonds. The van der Waals surface area contributed by atoms with E-state index in [2.05, 4.69) is 14.5 Å². The molecule has 1 aliphatic carbocycles. The van der Waals surface area contributed by atoms with Crippen molar-refractivity contribution in [3.63, 3.8) is 0 Å². The van der Waals surface area contributed by atoms with Gasteiger partial charge in [0.05, 0.1) is 6.04 Å². The van der Waals surface area contributed by atoms with Gasteiger partial charge in [0, 0.05) is 0 Å². The molecule has 0 aromatic carbocycles. The monoisotopic (exact) mass is 173 g/mol. The molecule has 0 heterocycles. The van der Waals surface area contributed by atoms with E-state index in [0.717, 1.165) is 12.3 Å². The minimum Gasteiger partial charge on any atom is -0.298 e. The second-order valence-corrected chi connectivity index (χ2v) is 3.70. The molecule has 1 saturated carbocycles. The molecule has 0 bridgehead atoms. The van der Waals surface area contributed by atoms with E-state index in [9.17, 15) is 4.79 Å². The van der Waals surface area contributed by atoms with E-state index in [4.69, 9.17) is 0 Å². The summed E-state index contributed by atoms with van der Waals surface area (Å²) >= 11 is 0. The molecule has 0 radical (unpaired) electrons. The fourth-order valence-electron chi connectivity index (χ4n) is 1.41.